The van der Waals surface area contributed by atoms with Crippen LogP contribution in [-0.4, -0.2) is 29.1 Å². The molecule has 0 unspecified atom stereocenters. The molecule has 0 saturated carbocycles. The molecule has 148 valence electrons. The first kappa shape index (κ1) is 20.1. The summed E-state index contributed by atoms with van der Waals surface area (Å²) in [5.74, 6) is 0.653. The van der Waals surface area contributed by atoms with Crippen molar-refractivity contribution in [3.05, 3.63) is 78.1 Å². The Bertz CT molecular complexity index is 983. The van der Waals surface area contributed by atoms with Crippen LogP contribution in [0.3, 0.4) is 0 Å². The Morgan fingerprint density at radius 2 is 1.64 bits per heavy atom. The summed E-state index contributed by atoms with van der Waals surface area (Å²) in [6, 6.07) is 16.1. The molecule has 0 atom stereocenters. The maximum Gasteiger partial charge on any atom is 0.243 e. The lowest BCUT2D eigenvalue weighted by Gasteiger charge is -2.22. The van der Waals surface area contributed by atoms with Crippen molar-refractivity contribution < 1.29 is 13.2 Å². The monoisotopic (exact) mass is 399 g/mol. The van der Waals surface area contributed by atoms with Crippen LogP contribution in [0.15, 0.2) is 71.9 Å². The van der Waals surface area contributed by atoms with Crippen LogP contribution in [0.5, 0.6) is 5.75 Å². The molecule has 0 saturated heterocycles. The van der Waals surface area contributed by atoms with Crippen LogP contribution < -0.4 is 4.74 Å². The number of rotatable bonds is 9. The fourth-order valence-electron chi connectivity index (χ4n) is 2.90. The van der Waals surface area contributed by atoms with Gasteiger partial charge in [-0.1, -0.05) is 30.3 Å². The Kier molecular flexibility index (Phi) is 6.49. The third kappa shape index (κ3) is 4.79. The summed E-state index contributed by atoms with van der Waals surface area (Å²) < 4.78 is 35.4. The molecule has 0 spiro atoms. The Labute approximate surface area is 166 Å². The predicted molar refractivity (Wildman–Crippen MR) is 108 cm³/mol. The van der Waals surface area contributed by atoms with Gasteiger partial charge in [0, 0.05) is 31.4 Å². The molecule has 0 N–H and O–H groups in total. The van der Waals surface area contributed by atoms with Crippen molar-refractivity contribution in [2.75, 3.05) is 6.61 Å². The van der Waals surface area contributed by atoms with Gasteiger partial charge in [-0.2, -0.15) is 9.40 Å². The zero-order chi connectivity index (χ0) is 20.0. The van der Waals surface area contributed by atoms with Gasteiger partial charge >= 0.3 is 0 Å². The van der Waals surface area contributed by atoms with E-state index in [1.807, 2.05) is 50.4 Å². The number of ether oxygens (including phenoxy) is 1. The number of nitrogens with zero attached hydrogens (tertiary/aromatic N) is 3. The highest BCUT2D eigenvalue weighted by Gasteiger charge is 2.25. The van der Waals surface area contributed by atoms with E-state index in [4.69, 9.17) is 4.74 Å². The van der Waals surface area contributed by atoms with E-state index in [1.54, 1.807) is 35.1 Å². The van der Waals surface area contributed by atoms with Crippen molar-refractivity contribution in [1.29, 1.82) is 0 Å². The molecule has 0 radical (unpaired) electrons. The lowest BCUT2D eigenvalue weighted by atomic mass is 10.2. The molecule has 6 nitrogen and oxygen atoms in total. The lowest BCUT2D eigenvalue weighted by molar-refractivity contribution is 0.340. The number of sulfonamides is 1. The second kappa shape index (κ2) is 9.03. The Hall–Kier alpha value is -2.64. The van der Waals surface area contributed by atoms with E-state index in [-0.39, 0.29) is 18.0 Å². The van der Waals surface area contributed by atoms with E-state index in [9.17, 15) is 8.42 Å². The zero-order valence-corrected chi connectivity index (χ0v) is 17.0. The maximum absolute atomic E-state index is 13.3. The number of benzene rings is 2. The van der Waals surface area contributed by atoms with E-state index >= 15 is 0 Å². The average Bonchev–Trinajstić information content (AvgIpc) is 3.17. The van der Waals surface area contributed by atoms with Gasteiger partial charge in [0.25, 0.3) is 0 Å². The fourth-order valence-corrected chi connectivity index (χ4v) is 4.32. The van der Waals surface area contributed by atoms with Gasteiger partial charge in [-0.25, -0.2) is 8.42 Å². The Morgan fingerprint density at radius 3 is 2.25 bits per heavy atom. The molecule has 3 rings (SSSR count). The van der Waals surface area contributed by atoms with Crippen LogP contribution in [-0.2, 0) is 29.7 Å². The standard InChI is InChI=1S/C21H25N3O3S/c1-3-23-15-19(14-22-23)17-24(16-18-8-6-5-7-9-18)28(25,26)21-12-10-20(11-13-21)27-4-2/h5-15H,3-4,16-17H2,1-2H3. The first-order valence-electron chi connectivity index (χ1n) is 9.31. The highest BCUT2D eigenvalue weighted by Crippen LogP contribution is 2.23. The van der Waals surface area contributed by atoms with Crippen molar-refractivity contribution in [2.24, 2.45) is 0 Å². The molecule has 1 aromatic heterocycles. The molecule has 1 heterocycles. The predicted octanol–water partition coefficient (Wildman–Crippen LogP) is 3.69. The average molecular weight is 400 g/mol. The van der Waals surface area contributed by atoms with Gasteiger partial charge in [0.2, 0.25) is 10.0 Å². The molecular formula is C21H25N3O3S. The molecule has 28 heavy (non-hydrogen) atoms. The van der Waals surface area contributed by atoms with Crippen LogP contribution in [0.4, 0.5) is 0 Å². The molecule has 2 aromatic carbocycles. The molecule has 0 aliphatic rings. The summed E-state index contributed by atoms with van der Waals surface area (Å²) in [6.45, 7) is 5.70. The molecule has 0 bridgehead atoms. The van der Waals surface area contributed by atoms with Crippen molar-refractivity contribution in [3.63, 3.8) is 0 Å². The summed E-state index contributed by atoms with van der Waals surface area (Å²) >= 11 is 0. The summed E-state index contributed by atoms with van der Waals surface area (Å²) in [4.78, 5) is 0.245. The Morgan fingerprint density at radius 1 is 0.964 bits per heavy atom. The van der Waals surface area contributed by atoms with Crippen LogP contribution >= 0.6 is 0 Å². The number of hydrogen-bond donors (Lipinski definition) is 0. The van der Waals surface area contributed by atoms with Crippen molar-refractivity contribution in [2.45, 2.75) is 38.4 Å². The molecule has 0 amide bonds. The van der Waals surface area contributed by atoms with Crippen LogP contribution in [0.1, 0.15) is 25.0 Å². The van der Waals surface area contributed by atoms with Gasteiger partial charge in [-0.3, -0.25) is 4.68 Å². The normalized spacial score (nSPS) is 11.7. The van der Waals surface area contributed by atoms with Crippen LogP contribution in [0.25, 0.3) is 0 Å². The van der Waals surface area contributed by atoms with Crippen LogP contribution in [0, 0.1) is 0 Å². The van der Waals surface area contributed by atoms with E-state index in [2.05, 4.69) is 5.10 Å². The minimum atomic E-state index is -3.69. The van der Waals surface area contributed by atoms with Crippen molar-refractivity contribution >= 4 is 10.0 Å². The molecular weight excluding hydrogens is 374 g/mol. The molecule has 0 aliphatic heterocycles. The third-order valence-electron chi connectivity index (χ3n) is 4.34. The highest BCUT2D eigenvalue weighted by atomic mass is 32.2. The minimum absolute atomic E-state index is 0.245. The largest absolute Gasteiger partial charge is 0.494 e. The van der Waals surface area contributed by atoms with Gasteiger partial charge in [0.05, 0.1) is 17.7 Å². The maximum atomic E-state index is 13.3. The van der Waals surface area contributed by atoms with Crippen molar-refractivity contribution in [3.8, 4) is 5.75 Å². The van der Waals surface area contributed by atoms with E-state index in [0.717, 1.165) is 17.7 Å². The summed E-state index contributed by atoms with van der Waals surface area (Å²) in [6.07, 6.45) is 3.60. The summed E-state index contributed by atoms with van der Waals surface area (Å²) in [7, 11) is -3.69. The number of hydrogen-bond acceptors (Lipinski definition) is 4. The zero-order valence-electron chi connectivity index (χ0n) is 16.2. The smallest absolute Gasteiger partial charge is 0.243 e. The van der Waals surface area contributed by atoms with Gasteiger partial charge < -0.3 is 4.74 Å². The summed E-state index contributed by atoms with van der Waals surface area (Å²) in [5, 5.41) is 4.26. The summed E-state index contributed by atoms with van der Waals surface area (Å²) in [5.41, 5.74) is 1.78. The minimum Gasteiger partial charge on any atom is -0.494 e. The van der Waals surface area contributed by atoms with E-state index in [0.29, 0.717) is 12.4 Å². The highest BCUT2D eigenvalue weighted by molar-refractivity contribution is 7.89. The van der Waals surface area contributed by atoms with Gasteiger partial charge in [-0.15, -0.1) is 0 Å². The van der Waals surface area contributed by atoms with Gasteiger partial charge in [0.15, 0.2) is 0 Å². The van der Waals surface area contributed by atoms with Gasteiger partial charge in [0.1, 0.15) is 5.75 Å². The second-order valence-corrected chi connectivity index (χ2v) is 8.31. The first-order chi connectivity index (χ1) is 13.5. The fraction of sp³-hybridized carbons (Fsp3) is 0.286. The first-order valence-corrected chi connectivity index (χ1v) is 10.7. The quantitative estimate of drug-likeness (QED) is 0.550. The van der Waals surface area contributed by atoms with Crippen molar-refractivity contribution in [1.82, 2.24) is 14.1 Å². The van der Waals surface area contributed by atoms with E-state index in [1.165, 1.54) is 4.31 Å². The SMILES string of the molecule is CCOc1ccc(S(=O)(=O)N(Cc2ccccc2)Cc2cnn(CC)c2)cc1. The molecule has 7 heteroatoms. The molecule has 0 fully saturated rings. The van der Waals surface area contributed by atoms with Crippen LogP contribution in [0.2, 0.25) is 0 Å². The molecule has 3 aromatic rings. The topological polar surface area (TPSA) is 64.4 Å². The molecule has 0 aliphatic carbocycles. The number of aryl methyl sites for hydroxylation is 1. The lowest BCUT2D eigenvalue weighted by Crippen LogP contribution is -2.30. The second-order valence-electron chi connectivity index (χ2n) is 6.37. The number of aromatic nitrogens is 2. The third-order valence-corrected chi connectivity index (χ3v) is 6.15. The van der Waals surface area contributed by atoms with E-state index < -0.39 is 10.0 Å². The Balaban J connectivity index is 1.91. The van der Waals surface area contributed by atoms with Gasteiger partial charge in [-0.05, 0) is 43.7 Å².